The molecule has 0 saturated heterocycles. The Labute approximate surface area is 81.9 Å². The number of aromatic nitrogens is 1. The second kappa shape index (κ2) is 3.54. The molecule has 0 spiro atoms. The Kier molecular flexibility index (Phi) is 2.40. The number of anilines is 1. The maximum absolute atomic E-state index is 5.69. The van der Waals surface area contributed by atoms with Crippen LogP contribution in [0.5, 0.6) is 5.19 Å². The lowest BCUT2D eigenvalue weighted by Crippen LogP contribution is -2.11. The van der Waals surface area contributed by atoms with Crippen molar-refractivity contribution in [2.45, 2.75) is 32.3 Å². The van der Waals surface area contributed by atoms with Gasteiger partial charge in [0.2, 0.25) is 0 Å². The minimum absolute atomic E-state index is 0.362. The van der Waals surface area contributed by atoms with E-state index in [9.17, 15) is 0 Å². The molecule has 0 aromatic carbocycles. The average molecular weight is 198 g/mol. The summed E-state index contributed by atoms with van der Waals surface area (Å²) >= 11 is 1.42. The Morgan fingerprint density at radius 1 is 1.62 bits per heavy atom. The molecule has 2 rings (SSSR count). The van der Waals surface area contributed by atoms with Crippen LogP contribution in [0.1, 0.15) is 26.2 Å². The quantitative estimate of drug-likeness (QED) is 0.793. The molecule has 0 bridgehead atoms. The van der Waals surface area contributed by atoms with Crippen LogP contribution >= 0.6 is 11.3 Å². The molecular weight excluding hydrogens is 184 g/mol. The minimum atomic E-state index is 0.362. The highest BCUT2D eigenvalue weighted by Gasteiger charge is 2.23. The number of hydrogen-bond acceptors (Lipinski definition) is 4. The summed E-state index contributed by atoms with van der Waals surface area (Å²) in [5, 5.41) is 1.44. The van der Waals surface area contributed by atoms with Gasteiger partial charge in [0.25, 0.3) is 5.19 Å². The fraction of sp³-hybridized carbons (Fsp3) is 0.667. The molecule has 1 aromatic heterocycles. The van der Waals surface area contributed by atoms with Crippen molar-refractivity contribution < 1.29 is 4.74 Å². The fourth-order valence-corrected chi connectivity index (χ4v) is 2.33. The summed E-state index contributed by atoms with van der Waals surface area (Å²) in [4.78, 5) is 4.08. The van der Waals surface area contributed by atoms with Crippen LogP contribution in [0, 0.1) is 5.92 Å². The zero-order chi connectivity index (χ0) is 9.26. The average Bonchev–Trinajstić information content (AvgIpc) is 2.62. The molecule has 2 atom stereocenters. The number of hydrogen-bond donors (Lipinski definition) is 1. The summed E-state index contributed by atoms with van der Waals surface area (Å²) in [5.74, 6) is 0.794. The van der Waals surface area contributed by atoms with Crippen LogP contribution in [-0.4, -0.2) is 11.1 Å². The van der Waals surface area contributed by atoms with Gasteiger partial charge in [-0.1, -0.05) is 18.3 Å². The molecule has 1 fully saturated rings. The first-order valence-electron chi connectivity index (χ1n) is 4.62. The van der Waals surface area contributed by atoms with E-state index in [0.717, 1.165) is 29.0 Å². The van der Waals surface area contributed by atoms with Gasteiger partial charge in [0.05, 0.1) is 6.20 Å². The molecular formula is C9H14N2OS. The molecule has 2 N–H and O–H groups in total. The molecule has 3 nitrogen and oxygen atoms in total. The van der Waals surface area contributed by atoms with Crippen LogP contribution in [0.2, 0.25) is 0 Å². The van der Waals surface area contributed by atoms with Crippen LogP contribution in [0.3, 0.4) is 0 Å². The van der Waals surface area contributed by atoms with Crippen LogP contribution in [0.25, 0.3) is 0 Å². The second-order valence-electron chi connectivity index (χ2n) is 3.69. The van der Waals surface area contributed by atoms with Gasteiger partial charge in [-0.2, -0.15) is 0 Å². The van der Waals surface area contributed by atoms with Crippen LogP contribution in [0.4, 0.5) is 5.00 Å². The third-order valence-electron chi connectivity index (χ3n) is 2.42. The first-order chi connectivity index (χ1) is 6.24. The molecule has 72 valence electrons. The van der Waals surface area contributed by atoms with Gasteiger partial charge in [0.15, 0.2) is 0 Å². The molecule has 0 amide bonds. The van der Waals surface area contributed by atoms with E-state index in [-0.39, 0.29) is 0 Å². The SMILES string of the molecule is CC1CCC(Oc2ncc(N)s2)C1. The van der Waals surface area contributed by atoms with Crippen LogP contribution in [0.15, 0.2) is 6.20 Å². The standard InChI is InChI=1S/C9H14N2OS/c1-6-2-3-7(4-6)12-9-11-5-8(10)13-9/h5-7H,2-4,10H2,1H3. The normalized spacial score (nSPS) is 27.8. The van der Waals surface area contributed by atoms with E-state index >= 15 is 0 Å². The summed E-state index contributed by atoms with van der Waals surface area (Å²) in [6.45, 7) is 2.26. The smallest absolute Gasteiger partial charge is 0.275 e. The summed E-state index contributed by atoms with van der Waals surface area (Å²) in [6.07, 6.45) is 5.59. The third kappa shape index (κ3) is 2.12. The van der Waals surface area contributed by atoms with E-state index < -0.39 is 0 Å². The lowest BCUT2D eigenvalue weighted by Gasteiger charge is -2.09. The van der Waals surface area contributed by atoms with Crippen molar-refractivity contribution in [1.29, 1.82) is 0 Å². The predicted octanol–water partition coefficient (Wildman–Crippen LogP) is 2.29. The maximum Gasteiger partial charge on any atom is 0.275 e. The number of rotatable bonds is 2. The van der Waals surface area contributed by atoms with E-state index in [4.69, 9.17) is 10.5 Å². The summed E-state index contributed by atoms with van der Waals surface area (Å²) in [5.41, 5.74) is 5.56. The lowest BCUT2D eigenvalue weighted by atomic mass is 10.1. The van der Waals surface area contributed by atoms with E-state index in [1.54, 1.807) is 6.20 Å². The monoisotopic (exact) mass is 198 g/mol. The first kappa shape index (κ1) is 8.81. The molecule has 0 aliphatic heterocycles. The van der Waals surface area contributed by atoms with Crippen LogP contribution in [-0.2, 0) is 0 Å². The van der Waals surface area contributed by atoms with Crippen molar-refractivity contribution in [2.24, 2.45) is 5.92 Å². The first-order valence-corrected chi connectivity index (χ1v) is 5.43. The van der Waals surface area contributed by atoms with Gasteiger partial charge >= 0.3 is 0 Å². The maximum atomic E-state index is 5.69. The number of nitrogens with zero attached hydrogens (tertiary/aromatic N) is 1. The van der Waals surface area contributed by atoms with E-state index in [0.29, 0.717) is 6.10 Å². The highest BCUT2D eigenvalue weighted by Crippen LogP contribution is 2.30. The van der Waals surface area contributed by atoms with Gasteiger partial charge in [-0.25, -0.2) is 4.98 Å². The van der Waals surface area contributed by atoms with Crippen molar-refractivity contribution in [2.75, 3.05) is 5.73 Å². The van der Waals surface area contributed by atoms with Crippen molar-refractivity contribution >= 4 is 16.3 Å². The number of ether oxygens (including phenoxy) is 1. The molecule has 13 heavy (non-hydrogen) atoms. The largest absolute Gasteiger partial charge is 0.467 e. The van der Waals surface area contributed by atoms with Crippen molar-refractivity contribution in [3.05, 3.63) is 6.20 Å². The van der Waals surface area contributed by atoms with Crippen molar-refractivity contribution in [3.63, 3.8) is 0 Å². The Bertz CT molecular complexity index is 287. The van der Waals surface area contributed by atoms with Crippen LogP contribution < -0.4 is 10.5 Å². The molecule has 2 unspecified atom stereocenters. The third-order valence-corrected chi connectivity index (χ3v) is 3.13. The molecule has 1 heterocycles. The molecule has 4 heteroatoms. The molecule has 0 radical (unpaired) electrons. The van der Waals surface area contributed by atoms with Gasteiger partial charge in [0, 0.05) is 0 Å². The minimum Gasteiger partial charge on any atom is -0.467 e. The van der Waals surface area contributed by atoms with Gasteiger partial charge in [-0.3, -0.25) is 0 Å². The summed E-state index contributed by atoms with van der Waals surface area (Å²) < 4.78 is 5.69. The highest BCUT2D eigenvalue weighted by molar-refractivity contribution is 7.17. The van der Waals surface area contributed by atoms with E-state index in [1.165, 1.54) is 17.8 Å². The second-order valence-corrected chi connectivity index (χ2v) is 4.71. The zero-order valence-corrected chi connectivity index (χ0v) is 8.51. The van der Waals surface area contributed by atoms with Gasteiger partial charge in [0.1, 0.15) is 11.1 Å². The van der Waals surface area contributed by atoms with Crippen molar-refractivity contribution in [1.82, 2.24) is 4.98 Å². The number of nitrogen functional groups attached to an aromatic ring is 1. The predicted molar refractivity (Wildman–Crippen MR) is 54.0 cm³/mol. The Hall–Kier alpha value is -0.770. The summed E-state index contributed by atoms with van der Waals surface area (Å²) in [6, 6.07) is 0. The van der Waals surface area contributed by atoms with E-state index in [1.807, 2.05) is 0 Å². The number of thiazole rings is 1. The zero-order valence-electron chi connectivity index (χ0n) is 7.69. The highest BCUT2D eigenvalue weighted by atomic mass is 32.1. The Morgan fingerprint density at radius 2 is 2.46 bits per heavy atom. The molecule has 1 aromatic rings. The lowest BCUT2D eigenvalue weighted by molar-refractivity contribution is 0.204. The van der Waals surface area contributed by atoms with Gasteiger partial charge < -0.3 is 10.5 Å². The summed E-state index contributed by atoms with van der Waals surface area (Å²) in [7, 11) is 0. The molecule has 1 aliphatic carbocycles. The molecule has 1 saturated carbocycles. The topological polar surface area (TPSA) is 48.1 Å². The van der Waals surface area contributed by atoms with Gasteiger partial charge in [-0.05, 0) is 25.2 Å². The fourth-order valence-electron chi connectivity index (χ4n) is 1.73. The Balaban J connectivity index is 1.91. The molecule has 1 aliphatic rings. The number of nitrogens with two attached hydrogens (primary N) is 1. The van der Waals surface area contributed by atoms with Gasteiger partial charge in [-0.15, -0.1) is 0 Å². The van der Waals surface area contributed by atoms with E-state index in [2.05, 4.69) is 11.9 Å². The Morgan fingerprint density at radius 3 is 3.00 bits per heavy atom. The van der Waals surface area contributed by atoms with Crippen molar-refractivity contribution in [3.8, 4) is 5.19 Å².